The number of aryl methyl sites for hydroxylation is 1. The van der Waals surface area contributed by atoms with E-state index in [9.17, 15) is 0 Å². The number of hydrogen-bond acceptors (Lipinski definition) is 5. The van der Waals surface area contributed by atoms with Crippen LogP contribution in [0.15, 0.2) is 10.4 Å². The first kappa shape index (κ1) is 14.7. The van der Waals surface area contributed by atoms with Gasteiger partial charge in [0.2, 0.25) is 0 Å². The zero-order valence-electron chi connectivity index (χ0n) is 10.3. The molecule has 0 amide bonds. The molecule has 0 spiro atoms. The Morgan fingerprint density at radius 2 is 2.35 bits per heavy atom. The Kier molecular flexibility index (Phi) is 6.18. The largest absolute Gasteiger partial charge is 0.356 e. The molecule has 0 unspecified atom stereocenters. The fourth-order valence-corrected chi connectivity index (χ4v) is 2.43. The zero-order chi connectivity index (χ0) is 11.4. The normalized spacial score (nSPS) is 14.5. The maximum Gasteiger partial charge on any atom is 0.193 e. The highest BCUT2D eigenvalue weighted by Crippen LogP contribution is 2.10. The number of aliphatic imine (C=N–C) groups is 1. The molecule has 0 radical (unpaired) electrons. The van der Waals surface area contributed by atoms with Crippen LogP contribution in [0.5, 0.6) is 0 Å². The smallest absolute Gasteiger partial charge is 0.193 e. The highest BCUT2D eigenvalue weighted by molar-refractivity contribution is 14.0. The Morgan fingerprint density at radius 1 is 1.53 bits per heavy atom. The van der Waals surface area contributed by atoms with E-state index in [1.54, 1.807) is 11.3 Å². The molecule has 17 heavy (non-hydrogen) atoms. The Hall–Kier alpha value is -0.370. The lowest BCUT2D eigenvalue weighted by Gasteiger charge is -2.14. The lowest BCUT2D eigenvalue weighted by Crippen LogP contribution is -2.36. The molecule has 6 heteroatoms. The average Bonchev–Trinajstić information content (AvgIpc) is 2.89. The second kappa shape index (κ2) is 7.15. The van der Waals surface area contributed by atoms with Crippen LogP contribution in [-0.2, 0) is 12.8 Å². The lowest BCUT2D eigenvalue weighted by molar-refractivity contribution is 0.534. The number of guanidine groups is 1. The molecule has 0 saturated heterocycles. The summed E-state index contributed by atoms with van der Waals surface area (Å²) in [4.78, 5) is 11.1. The molecule has 0 atom stereocenters. The summed E-state index contributed by atoms with van der Waals surface area (Å²) in [6, 6.07) is 0. The van der Waals surface area contributed by atoms with Gasteiger partial charge in [0.25, 0.3) is 0 Å². The van der Waals surface area contributed by atoms with Gasteiger partial charge in [-0.15, -0.1) is 35.3 Å². The van der Waals surface area contributed by atoms with Crippen molar-refractivity contribution in [2.24, 2.45) is 4.99 Å². The topological polar surface area (TPSA) is 40.5 Å². The average molecular weight is 366 g/mol. The molecule has 1 aliphatic heterocycles. The molecule has 0 fully saturated rings. The van der Waals surface area contributed by atoms with Gasteiger partial charge in [-0.1, -0.05) is 6.92 Å². The molecule has 0 aliphatic carbocycles. The van der Waals surface area contributed by atoms with Crippen molar-refractivity contribution in [2.45, 2.75) is 19.8 Å². The van der Waals surface area contributed by atoms with E-state index in [-0.39, 0.29) is 24.0 Å². The summed E-state index contributed by atoms with van der Waals surface area (Å²) in [5.41, 5.74) is 1.19. The summed E-state index contributed by atoms with van der Waals surface area (Å²) in [5, 5.41) is 6.73. The van der Waals surface area contributed by atoms with Gasteiger partial charge in [-0.3, -0.25) is 4.99 Å². The fourth-order valence-electron chi connectivity index (χ4n) is 1.65. The third-order valence-electron chi connectivity index (χ3n) is 2.62. The van der Waals surface area contributed by atoms with Crippen molar-refractivity contribution in [3.63, 3.8) is 0 Å². The van der Waals surface area contributed by atoms with Gasteiger partial charge < -0.3 is 10.2 Å². The zero-order valence-corrected chi connectivity index (χ0v) is 13.4. The Bertz CT molecular complexity index is 377. The molecule has 0 saturated carbocycles. The van der Waals surface area contributed by atoms with Crippen molar-refractivity contribution in [3.8, 4) is 0 Å². The quantitative estimate of drug-likeness (QED) is 0.826. The van der Waals surface area contributed by atoms with Crippen LogP contribution in [0.3, 0.4) is 0 Å². The SMILES string of the molecule is CCc1nc(CCNC2=NCCN2C)cs1.I. The number of nitrogens with one attached hydrogen (secondary N) is 1. The van der Waals surface area contributed by atoms with E-state index in [1.807, 2.05) is 0 Å². The number of nitrogens with zero attached hydrogens (tertiary/aromatic N) is 3. The maximum absolute atomic E-state index is 4.54. The molecule has 1 aromatic heterocycles. The van der Waals surface area contributed by atoms with E-state index < -0.39 is 0 Å². The van der Waals surface area contributed by atoms with Crippen LogP contribution < -0.4 is 5.32 Å². The van der Waals surface area contributed by atoms with Crippen LogP contribution in [0.2, 0.25) is 0 Å². The lowest BCUT2D eigenvalue weighted by atomic mass is 10.3. The van der Waals surface area contributed by atoms with E-state index >= 15 is 0 Å². The second-order valence-electron chi connectivity index (χ2n) is 3.89. The van der Waals surface area contributed by atoms with Gasteiger partial charge in [0, 0.05) is 31.9 Å². The van der Waals surface area contributed by atoms with Crippen molar-refractivity contribution in [3.05, 3.63) is 16.1 Å². The maximum atomic E-state index is 4.54. The van der Waals surface area contributed by atoms with Crippen molar-refractivity contribution < 1.29 is 0 Å². The van der Waals surface area contributed by atoms with E-state index in [2.05, 4.69) is 39.5 Å². The van der Waals surface area contributed by atoms with Crippen LogP contribution in [-0.4, -0.2) is 42.5 Å². The molecule has 2 heterocycles. The number of likely N-dealkylation sites (N-methyl/N-ethyl adjacent to an activating group) is 1. The number of halogens is 1. The summed E-state index contributed by atoms with van der Waals surface area (Å²) in [6.07, 6.45) is 2.01. The van der Waals surface area contributed by atoms with Gasteiger partial charge in [-0.2, -0.15) is 0 Å². The van der Waals surface area contributed by atoms with E-state index in [0.717, 1.165) is 38.4 Å². The molecule has 2 rings (SSSR count). The molecule has 0 bridgehead atoms. The highest BCUT2D eigenvalue weighted by atomic mass is 127. The number of rotatable bonds is 4. The molecule has 0 aromatic carbocycles. The predicted octanol–water partition coefficient (Wildman–Crippen LogP) is 1.76. The van der Waals surface area contributed by atoms with Gasteiger partial charge >= 0.3 is 0 Å². The Balaban J connectivity index is 0.00000144. The summed E-state index contributed by atoms with van der Waals surface area (Å²) in [5.74, 6) is 1.02. The van der Waals surface area contributed by atoms with Crippen molar-refractivity contribution in [1.29, 1.82) is 0 Å². The van der Waals surface area contributed by atoms with Crippen molar-refractivity contribution in [1.82, 2.24) is 15.2 Å². The van der Waals surface area contributed by atoms with Crippen molar-refractivity contribution >= 4 is 41.3 Å². The molecule has 96 valence electrons. The van der Waals surface area contributed by atoms with Gasteiger partial charge in [-0.25, -0.2) is 4.98 Å². The first-order chi connectivity index (χ1) is 7.79. The van der Waals surface area contributed by atoms with Gasteiger partial charge in [-0.05, 0) is 6.42 Å². The molecule has 1 aliphatic rings. The van der Waals surface area contributed by atoms with Gasteiger partial charge in [0.15, 0.2) is 5.96 Å². The van der Waals surface area contributed by atoms with E-state index in [0.29, 0.717) is 0 Å². The minimum atomic E-state index is 0. The van der Waals surface area contributed by atoms with Crippen LogP contribution in [0.1, 0.15) is 17.6 Å². The standard InChI is InChI=1S/C11H18N4S.HI/c1-3-10-14-9(8-16-10)4-5-12-11-13-6-7-15(11)2;/h8H,3-7H2,1-2H3,(H,12,13);1H. The summed E-state index contributed by atoms with van der Waals surface area (Å²) in [6.45, 7) is 4.99. The second-order valence-corrected chi connectivity index (χ2v) is 4.83. The highest BCUT2D eigenvalue weighted by Gasteiger charge is 2.11. The molecule has 1 aromatic rings. The van der Waals surface area contributed by atoms with Gasteiger partial charge in [0.05, 0.1) is 17.2 Å². The Morgan fingerprint density at radius 3 is 2.94 bits per heavy atom. The summed E-state index contributed by atoms with van der Waals surface area (Å²) >= 11 is 1.75. The number of aromatic nitrogens is 1. The van der Waals surface area contributed by atoms with E-state index in [4.69, 9.17) is 0 Å². The minimum Gasteiger partial charge on any atom is -0.356 e. The number of thiazole rings is 1. The molecule has 4 nitrogen and oxygen atoms in total. The summed E-state index contributed by atoms with van der Waals surface area (Å²) < 4.78 is 0. The Labute approximate surface area is 124 Å². The third-order valence-corrected chi connectivity index (χ3v) is 3.67. The number of hydrogen-bond donors (Lipinski definition) is 1. The van der Waals surface area contributed by atoms with E-state index in [1.165, 1.54) is 10.7 Å². The minimum absolute atomic E-state index is 0. The molecular weight excluding hydrogens is 347 g/mol. The fraction of sp³-hybridized carbons (Fsp3) is 0.636. The monoisotopic (exact) mass is 366 g/mol. The predicted molar refractivity (Wildman–Crippen MR) is 83.5 cm³/mol. The van der Waals surface area contributed by atoms with Crippen LogP contribution >= 0.6 is 35.3 Å². The third kappa shape index (κ3) is 4.09. The van der Waals surface area contributed by atoms with Gasteiger partial charge in [0.1, 0.15) is 0 Å². The van der Waals surface area contributed by atoms with Crippen molar-refractivity contribution in [2.75, 3.05) is 26.7 Å². The van der Waals surface area contributed by atoms with Crippen LogP contribution in [0, 0.1) is 0 Å². The van der Waals surface area contributed by atoms with Crippen LogP contribution in [0.4, 0.5) is 0 Å². The first-order valence-electron chi connectivity index (χ1n) is 5.72. The molecule has 1 N–H and O–H groups in total. The first-order valence-corrected chi connectivity index (χ1v) is 6.60. The van der Waals surface area contributed by atoms with Crippen LogP contribution in [0.25, 0.3) is 0 Å². The molecular formula is C11H19IN4S. The summed E-state index contributed by atoms with van der Waals surface area (Å²) in [7, 11) is 2.07.